The van der Waals surface area contributed by atoms with Gasteiger partial charge in [-0.05, 0) is 19.6 Å². The van der Waals surface area contributed by atoms with Crippen molar-refractivity contribution in [3.05, 3.63) is 47.7 Å². The van der Waals surface area contributed by atoms with Crippen LogP contribution in [0.2, 0.25) is 19.6 Å². The molecule has 0 unspecified atom stereocenters. The average Bonchev–Trinajstić information content (AvgIpc) is 2.37. The number of carbonyl (C=O) groups excluding carboxylic acids is 2. The summed E-state index contributed by atoms with van der Waals surface area (Å²) in [6, 6.07) is 8.94. The highest BCUT2D eigenvalue weighted by atomic mass is 28.4. The molecule has 0 aliphatic heterocycles. The molecule has 0 fully saturated rings. The fourth-order valence-corrected chi connectivity index (χ4v) is 2.50. The zero-order valence-corrected chi connectivity index (χ0v) is 13.3. The first-order valence-corrected chi connectivity index (χ1v) is 9.78. The van der Waals surface area contributed by atoms with Crippen molar-refractivity contribution in [2.45, 2.75) is 26.1 Å². The zero-order valence-electron chi connectivity index (χ0n) is 12.3. The molecule has 0 aliphatic rings. The lowest BCUT2D eigenvalue weighted by Crippen LogP contribution is -2.26. The predicted molar refractivity (Wildman–Crippen MR) is 79.9 cm³/mol. The Labute approximate surface area is 120 Å². The number of Topliss-reactive ketones (excluding diaryl/α,β-unsaturated/α-hetero) is 1. The molecular weight excluding hydrogens is 272 g/mol. The van der Waals surface area contributed by atoms with Crippen molar-refractivity contribution in [2.24, 2.45) is 0 Å². The second kappa shape index (κ2) is 7.05. The summed E-state index contributed by atoms with van der Waals surface area (Å²) in [5.41, 5.74) is 0.599. The number of esters is 1. The van der Waals surface area contributed by atoms with E-state index in [1.165, 1.54) is 13.2 Å². The molecule has 0 spiro atoms. The maximum atomic E-state index is 12.2. The fourth-order valence-electron chi connectivity index (χ4n) is 1.58. The van der Waals surface area contributed by atoms with Crippen molar-refractivity contribution < 1.29 is 18.8 Å². The van der Waals surface area contributed by atoms with Crippen LogP contribution < -0.4 is 0 Å². The lowest BCUT2D eigenvalue weighted by molar-refractivity contribution is -0.135. The molecule has 1 rings (SSSR count). The molecule has 0 heterocycles. The van der Waals surface area contributed by atoms with Crippen LogP contribution in [-0.2, 0) is 14.0 Å². The number of methoxy groups -OCH3 is 1. The molecule has 20 heavy (non-hydrogen) atoms. The first-order valence-electron chi connectivity index (χ1n) is 6.37. The molecular formula is C15H20O4Si. The van der Waals surface area contributed by atoms with E-state index in [2.05, 4.69) is 4.74 Å². The number of ether oxygens (including phenoxy) is 1. The summed E-state index contributed by atoms with van der Waals surface area (Å²) in [6.07, 6.45) is 1.31. The molecule has 0 bridgehead atoms. The molecule has 0 atom stereocenters. The van der Waals surface area contributed by atoms with Gasteiger partial charge in [0.15, 0.2) is 5.78 Å². The lowest BCUT2D eigenvalue weighted by atomic mass is 10.1. The molecule has 0 radical (unpaired) electrons. The molecule has 0 amide bonds. The van der Waals surface area contributed by atoms with Gasteiger partial charge in [-0.15, -0.1) is 0 Å². The van der Waals surface area contributed by atoms with E-state index in [-0.39, 0.29) is 12.2 Å². The molecule has 0 aromatic heterocycles. The van der Waals surface area contributed by atoms with Gasteiger partial charge in [-0.2, -0.15) is 0 Å². The van der Waals surface area contributed by atoms with Crippen LogP contribution in [0.25, 0.3) is 0 Å². The maximum Gasteiger partial charge on any atom is 0.333 e. The van der Waals surface area contributed by atoms with Crippen molar-refractivity contribution in [3.8, 4) is 0 Å². The Kier molecular flexibility index (Phi) is 5.70. The third-order valence-corrected chi connectivity index (χ3v) is 3.22. The minimum absolute atomic E-state index is 0.0589. The second-order valence-corrected chi connectivity index (χ2v) is 9.74. The molecule has 0 saturated carbocycles. The summed E-state index contributed by atoms with van der Waals surface area (Å²) >= 11 is 0. The Morgan fingerprint density at radius 1 is 1.15 bits per heavy atom. The monoisotopic (exact) mass is 292 g/mol. The van der Waals surface area contributed by atoms with Crippen LogP contribution in [0.4, 0.5) is 0 Å². The van der Waals surface area contributed by atoms with Gasteiger partial charge < -0.3 is 9.16 Å². The summed E-state index contributed by atoms with van der Waals surface area (Å²) in [4.78, 5) is 23.5. The Balaban J connectivity index is 2.87. The topological polar surface area (TPSA) is 52.6 Å². The van der Waals surface area contributed by atoms with E-state index in [1.807, 2.05) is 25.7 Å². The van der Waals surface area contributed by atoms with Gasteiger partial charge in [0.2, 0.25) is 8.32 Å². The van der Waals surface area contributed by atoms with Gasteiger partial charge >= 0.3 is 5.97 Å². The highest BCUT2D eigenvalue weighted by Gasteiger charge is 2.20. The lowest BCUT2D eigenvalue weighted by Gasteiger charge is -2.21. The third-order valence-electron chi connectivity index (χ3n) is 2.35. The molecule has 0 N–H and O–H groups in total. The molecule has 0 saturated heterocycles. The van der Waals surface area contributed by atoms with Crippen molar-refractivity contribution in [1.82, 2.24) is 0 Å². The molecule has 4 nitrogen and oxygen atoms in total. The standard InChI is InChI=1S/C15H20O4Si/c1-18-15(17)11-13(19-20(2,3)4)10-14(16)12-8-6-5-7-9-12/h5-9,11H,10H2,1-4H3/b13-11-. The van der Waals surface area contributed by atoms with Crippen LogP contribution in [0.5, 0.6) is 0 Å². The number of carbonyl (C=O) groups is 2. The largest absolute Gasteiger partial charge is 0.547 e. The van der Waals surface area contributed by atoms with Gasteiger partial charge in [-0.25, -0.2) is 4.79 Å². The average molecular weight is 292 g/mol. The summed E-state index contributed by atoms with van der Waals surface area (Å²) < 4.78 is 10.4. The van der Waals surface area contributed by atoms with E-state index < -0.39 is 14.3 Å². The Hall–Kier alpha value is -1.88. The molecule has 1 aromatic carbocycles. The number of hydrogen-bond donors (Lipinski definition) is 0. The van der Waals surface area contributed by atoms with Crippen LogP contribution in [0.15, 0.2) is 42.2 Å². The highest BCUT2D eigenvalue weighted by Crippen LogP contribution is 2.16. The SMILES string of the molecule is COC(=O)/C=C(/CC(=O)c1ccccc1)O[Si](C)(C)C. The van der Waals surface area contributed by atoms with Crippen molar-refractivity contribution in [2.75, 3.05) is 7.11 Å². The third kappa shape index (κ3) is 5.84. The molecule has 108 valence electrons. The van der Waals surface area contributed by atoms with Crippen LogP contribution in [0, 0.1) is 0 Å². The number of allylic oxidation sites excluding steroid dienone is 1. The molecule has 1 aromatic rings. The van der Waals surface area contributed by atoms with Crippen molar-refractivity contribution in [1.29, 1.82) is 0 Å². The van der Waals surface area contributed by atoms with Crippen LogP contribution in [0.1, 0.15) is 16.8 Å². The maximum absolute atomic E-state index is 12.2. The number of ketones is 1. The van der Waals surface area contributed by atoms with E-state index in [1.54, 1.807) is 24.3 Å². The summed E-state index contributed by atoms with van der Waals surface area (Å²) in [5, 5.41) is 0. The van der Waals surface area contributed by atoms with Gasteiger partial charge in [-0.1, -0.05) is 30.3 Å². The Morgan fingerprint density at radius 3 is 2.25 bits per heavy atom. The normalized spacial score (nSPS) is 11.9. The van der Waals surface area contributed by atoms with Gasteiger partial charge in [0.05, 0.1) is 25.4 Å². The highest BCUT2D eigenvalue weighted by molar-refractivity contribution is 6.70. The van der Waals surface area contributed by atoms with Gasteiger partial charge in [0.25, 0.3) is 0 Å². The zero-order chi connectivity index (χ0) is 15.2. The number of benzene rings is 1. The van der Waals surface area contributed by atoms with Crippen LogP contribution >= 0.6 is 0 Å². The van der Waals surface area contributed by atoms with E-state index in [9.17, 15) is 9.59 Å². The minimum Gasteiger partial charge on any atom is -0.547 e. The van der Waals surface area contributed by atoms with Crippen molar-refractivity contribution in [3.63, 3.8) is 0 Å². The first kappa shape index (κ1) is 16.2. The number of hydrogen-bond acceptors (Lipinski definition) is 4. The quantitative estimate of drug-likeness (QED) is 0.266. The smallest absolute Gasteiger partial charge is 0.333 e. The van der Waals surface area contributed by atoms with Crippen molar-refractivity contribution >= 4 is 20.1 Å². The predicted octanol–water partition coefficient (Wildman–Crippen LogP) is 3.17. The van der Waals surface area contributed by atoms with Crippen LogP contribution in [0.3, 0.4) is 0 Å². The van der Waals surface area contributed by atoms with E-state index in [4.69, 9.17) is 4.43 Å². The van der Waals surface area contributed by atoms with Gasteiger partial charge in [0, 0.05) is 5.56 Å². The van der Waals surface area contributed by atoms with E-state index in [0.29, 0.717) is 11.3 Å². The van der Waals surface area contributed by atoms with Gasteiger partial charge in [0.1, 0.15) is 0 Å². The van der Waals surface area contributed by atoms with Crippen LogP contribution in [-0.4, -0.2) is 27.2 Å². The Bertz CT molecular complexity index is 500. The first-order chi connectivity index (χ1) is 9.31. The summed E-state index contributed by atoms with van der Waals surface area (Å²) in [5.74, 6) is -0.233. The van der Waals surface area contributed by atoms with E-state index in [0.717, 1.165) is 0 Å². The molecule has 0 aliphatic carbocycles. The second-order valence-electron chi connectivity index (χ2n) is 5.31. The minimum atomic E-state index is -1.90. The Morgan fingerprint density at radius 2 is 1.75 bits per heavy atom. The summed E-state index contributed by atoms with van der Waals surface area (Å²) in [6.45, 7) is 5.97. The summed E-state index contributed by atoms with van der Waals surface area (Å²) in [7, 11) is -0.600. The van der Waals surface area contributed by atoms with E-state index >= 15 is 0 Å². The molecule has 5 heteroatoms. The number of rotatable bonds is 6. The van der Waals surface area contributed by atoms with Gasteiger partial charge in [-0.3, -0.25) is 4.79 Å². The fraction of sp³-hybridized carbons (Fsp3) is 0.333.